The number of aromatic nitrogens is 4. The summed E-state index contributed by atoms with van der Waals surface area (Å²) in [6, 6.07) is 1.33. The second-order valence-electron chi connectivity index (χ2n) is 3.20. The van der Waals surface area contributed by atoms with Crippen LogP contribution in [0.5, 0.6) is 0 Å². The zero-order chi connectivity index (χ0) is 12.6. The van der Waals surface area contributed by atoms with Gasteiger partial charge in [-0.1, -0.05) is 23.2 Å². The van der Waals surface area contributed by atoms with E-state index in [-0.39, 0.29) is 16.0 Å². The average Bonchev–Trinajstić information content (AvgIpc) is 2.55. The van der Waals surface area contributed by atoms with E-state index in [1.165, 1.54) is 13.0 Å². The fourth-order valence-corrected chi connectivity index (χ4v) is 1.67. The first-order valence-electron chi connectivity index (χ1n) is 4.51. The van der Waals surface area contributed by atoms with Crippen LogP contribution in [0.2, 0.25) is 10.2 Å². The highest BCUT2D eigenvalue weighted by Gasteiger charge is 2.23. The molecule has 0 aliphatic carbocycles. The molecule has 0 radical (unpaired) electrons. The Morgan fingerprint density at radius 1 is 1.29 bits per heavy atom. The predicted molar refractivity (Wildman–Crippen MR) is 58.9 cm³/mol. The first-order chi connectivity index (χ1) is 8.00. The minimum absolute atomic E-state index is 0.0743. The van der Waals surface area contributed by atoms with Crippen LogP contribution in [0.15, 0.2) is 12.4 Å². The highest BCUT2D eigenvalue weighted by molar-refractivity contribution is 6.32. The van der Waals surface area contributed by atoms with Crippen molar-refractivity contribution in [3.05, 3.63) is 34.0 Å². The fraction of sp³-hybridized carbons (Fsp3) is 0.222. The third-order valence-corrected chi connectivity index (χ3v) is 2.74. The second-order valence-corrected chi connectivity index (χ2v) is 3.96. The molecule has 0 aromatic carbocycles. The lowest BCUT2D eigenvalue weighted by molar-refractivity contribution is 0.142. The largest absolute Gasteiger partial charge is 0.282 e. The van der Waals surface area contributed by atoms with Crippen LogP contribution in [0.1, 0.15) is 17.8 Å². The van der Waals surface area contributed by atoms with E-state index in [9.17, 15) is 8.78 Å². The molecule has 0 spiro atoms. The van der Waals surface area contributed by atoms with Crippen molar-refractivity contribution < 1.29 is 8.78 Å². The molecule has 0 aliphatic heterocycles. The molecular formula is C9H6Cl2F2N4. The molecule has 8 heteroatoms. The monoisotopic (exact) mass is 278 g/mol. The van der Waals surface area contributed by atoms with E-state index in [4.69, 9.17) is 23.2 Å². The van der Waals surface area contributed by atoms with Crippen molar-refractivity contribution >= 4 is 23.2 Å². The minimum atomic E-state index is -2.75. The van der Waals surface area contributed by atoms with Gasteiger partial charge in [-0.2, -0.15) is 5.10 Å². The zero-order valence-electron chi connectivity index (χ0n) is 8.53. The topological polar surface area (TPSA) is 43.6 Å². The normalized spacial score (nSPS) is 11.2. The van der Waals surface area contributed by atoms with Crippen LogP contribution in [0.3, 0.4) is 0 Å². The van der Waals surface area contributed by atoms with E-state index < -0.39 is 12.1 Å². The van der Waals surface area contributed by atoms with Gasteiger partial charge in [0.15, 0.2) is 5.82 Å². The van der Waals surface area contributed by atoms with Crippen molar-refractivity contribution in [2.24, 2.45) is 0 Å². The quantitative estimate of drug-likeness (QED) is 0.793. The molecule has 2 rings (SSSR count). The van der Waals surface area contributed by atoms with Gasteiger partial charge in [0, 0.05) is 6.07 Å². The van der Waals surface area contributed by atoms with Crippen molar-refractivity contribution in [3.63, 3.8) is 0 Å². The summed E-state index contributed by atoms with van der Waals surface area (Å²) in [4.78, 5) is 7.48. The van der Waals surface area contributed by atoms with E-state index in [1.807, 2.05) is 0 Å². The van der Waals surface area contributed by atoms with Crippen LogP contribution < -0.4 is 0 Å². The summed E-state index contributed by atoms with van der Waals surface area (Å²) in [6.07, 6.45) is -1.59. The number of rotatable bonds is 2. The summed E-state index contributed by atoms with van der Waals surface area (Å²) in [7, 11) is 0. The Morgan fingerprint density at radius 3 is 2.59 bits per heavy atom. The van der Waals surface area contributed by atoms with Crippen molar-refractivity contribution in [2.45, 2.75) is 13.3 Å². The van der Waals surface area contributed by atoms with Crippen LogP contribution in [-0.2, 0) is 0 Å². The molecule has 0 N–H and O–H groups in total. The Morgan fingerprint density at radius 2 is 2.00 bits per heavy atom. The summed E-state index contributed by atoms with van der Waals surface area (Å²) in [5, 5.41) is 3.96. The van der Waals surface area contributed by atoms with E-state index in [0.717, 1.165) is 11.0 Å². The molecule has 90 valence electrons. The van der Waals surface area contributed by atoms with Gasteiger partial charge >= 0.3 is 0 Å². The third kappa shape index (κ3) is 2.23. The first kappa shape index (κ1) is 12.2. The molecule has 2 aromatic heterocycles. The molecule has 4 nitrogen and oxygen atoms in total. The second kappa shape index (κ2) is 4.54. The summed E-state index contributed by atoms with van der Waals surface area (Å²) in [5.74, 6) is 0.148. The van der Waals surface area contributed by atoms with Crippen molar-refractivity contribution in [1.29, 1.82) is 0 Å². The number of alkyl halides is 2. The van der Waals surface area contributed by atoms with Crippen molar-refractivity contribution in [2.75, 3.05) is 0 Å². The van der Waals surface area contributed by atoms with Gasteiger partial charge < -0.3 is 0 Å². The van der Waals surface area contributed by atoms with Gasteiger partial charge in [0.1, 0.15) is 17.2 Å². The summed E-state index contributed by atoms with van der Waals surface area (Å²) >= 11 is 11.4. The molecule has 0 atom stereocenters. The van der Waals surface area contributed by atoms with Crippen LogP contribution in [0, 0.1) is 6.92 Å². The zero-order valence-corrected chi connectivity index (χ0v) is 10.0. The Bertz CT molecular complexity index is 556. The maximum Gasteiger partial charge on any atom is 0.282 e. The van der Waals surface area contributed by atoms with E-state index in [2.05, 4.69) is 15.1 Å². The molecule has 0 aliphatic rings. The number of nitrogens with zero attached hydrogens (tertiary/aromatic N) is 4. The molecule has 0 bridgehead atoms. The van der Waals surface area contributed by atoms with Crippen LogP contribution >= 0.6 is 23.2 Å². The number of aryl methyl sites for hydroxylation is 1. The molecule has 2 heterocycles. The summed E-state index contributed by atoms with van der Waals surface area (Å²) < 4.78 is 26.7. The smallest absolute Gasteiger partial charge is 0.224 e. The number of halogens is 4. The lowest BCUT2D eigenvalue weighted by Gasteiger charge is -2.05. The van der Waals surface area contributed by atoms with E-state index in [0.29, 0.717) is 5.69 Å². The Kier molecular flexibility index (Phi) is 3.26. The Hall–Kier alpha value is -1.27. The van der Waals surface area contributed by atoms with Gasteiger partial charge in [0.25, 0.3) is 6.43 Å². The number of hydrogen-bond donors (Lipinski definition) is 0. The van der Waals surface area contributed by atoms with Crippen LogP contribution in [0.4, 0.5) is 8.78 Å². The molecule has 0 saturated carbocycles. The molecule has 0 amide bonds. The average molecular weight is 279 g/mol. The standard InChI is InChI=1S/C9H6Cl2F2N4/c1-4-7(11)8(9(12)13)17(16-4)6-2-5(10)14-3-15-6/h2-3,9H,1H3. The van der Waals surface area contributed by atoms with Gasteiger partial charge in [-0.05, 0) is 6.92 Å². The molecule has 2 aromatic rings. The number of hydrogen-bond acceptors (Lipinski definition) is 3. The molecule has 0 fully saturated rings. The summed E-state index contributed by atoms with van der Waals surface area (Å²) in [5.41, 5.74) is -0.101. The SMILES string of the molecule is Cc1nn(-c2cc(Cl)ncn2)c(C(F)F)c1Cl. The minimum Gasteiger partial charge on any atom is -0.224 e. The van der Waals surface area contributed by atoms with E-state index >= 15 is 0 Å². The maximum absolute atomic E-state index is 12.9. The van der Waals surface area contributed by atoms with Gasteiger partial charge in [0.2, 0.25) is 0 Å². The van der Waals surface area contributed by atoms with Crippen LogP contribution in [0.25, 0.3) is 5.82 Å². The Labute approximate surface area is 105 Å². The molecular weight excluding hydrogens is 273 g/mol. The lowest BCUT2D eigenvalue weighted by Crippen LogP contribution is -2.05. The highest BCUT2D eigenvalue weighted by atomic mass is 35.5. The Balaban J connectivity index is 2.63. The van der Waals surface area contributed by atoms with Gasteiger partial charge in [0.05, 0.1) is 10.7 Å². The van der Waals surface area contributed by atoms with Gasteiger partial charge in [-0.25, -0.2) is 23.4 Å². The maximum atomic E-state index is 12.9. The molecule has 0 unspecified atom stereocenters. The lowest BCUT2D eigenvalue weighted by atomic mass is 10.4. The highest BCUT2D eigenvalue weighted by Crippen LogP contribution is 2.31. The molecule has 0 saturated heterocycles. The van der Waals surface area contributed by atoms with E-state index in [1.54, 1.807) is 0 Å². The van der Waals surface area contributed by atoms with Crippen molar-refractivity contribution in [3.8, 4) is 5.82 Å². The van der Waals surface area contributed by atoms with Gasteiger partial charge in [-0.3, -0.25) is 0 Å². The third-order valence-electron chi connectivity index (χ3n) is 2.06. The fourth-order valence-electron chi connectivity index (χ4n) is 1.33. The van der Waals surface area contributed by atoms with Gasteiger partial charge in [-0.15, -0.1) is 0 Å². The van der Waals surface area contributed by atoms with Crippen LogP contribution in [-0.4, -0.2) is 19.7 Å². The van der Waals surface area contributed by atoms with Crippen molar-refractivity contribution in [1.82, 2.24) is 19.7 Å². The predicted octanol–water partition coefficient (Wildman–Crippen LogP) is 3.22. The summed E-state index contributed by atoms with van der Waals surface area (Å²) in [6.45, 7) is 1.54. The first-order valence-corrected chi connectivity index (χ1v) is 5.27. The molecule has 17 heavy (non-hydrogen) atoms.